The fourth-order valence-corrected chi connectivity index (χ4v) is 1.97. The quantitative estimate of drug-likeness (QED) is 0.833. The van der Waals surface area contributed by atoms with Crippen molar-refractivity contribution in [3.05, 3.63) is 23.8 Å². The molecule has 0 heterocycles. The van der Waals surface area contributed by atoms with Crippen LogP contribution in [0.5, 0.6) is 11.5 Å². The van der Waals surface area contributed by atoms with Crippen LogP contribution < -0.4 is 15.2 Å². The lowest BCUT2D eigenvalue weighted by Gasteiger charge is -2.21. The minimum Gasteiger partial charge on any atom is -0.497 e. The van der Waals surface area contributed by atoms with Crippen molar-refractivity contribution >= 4 is 5.91 Å². The molecule has 1 amide bonds. The second kappa shape index (κ2) is 7.88. The first-order valence-electron chi connectivity index (χ1n) is 7.19. The third-order valence-corrected chi connectivity index (χ3v) is 3.37. The number of likely N-dealkylation sites (N-methyl/N-ethyl adjacent to an activating group) is 1. The van der Waals surface area contributed by atoms with Gasteiger partial charge in [0.2, 0.25) is 0 Å². The number of methoxy groups -OCH3 is 1. The van der Waals surface area contributed by atoms with E-state index in [1.165, 1.54) is 4.90 Å². The number of amides is 1. The average molecular weight is 294 g/mol. The monoisotopic (exact) mass is 294 g/mol. The number of hydrogen-bond acceptors (Lipinski definition) is 4. The lowest BCUT2D eigenvalue weighted by Crippen LogP contribution is -2.35. The normalized spacial score (nSPS) is 13.4. The molecule has 0 aliphatic rings. The lowest BCUT2D eigenvalue weighted by atomic mass is 10.0. The van der Waals surface area contributed by atoms with Gasteiger partial charge in [-0.1, -0.05) is 13.0 Å². The number of nitrogens with zero attached hydrogens (tertiary/aromatic N) is 1. The summed E-state index contributed by atoms with van der Waals surface area (Å²) in [4.78, 5) is 13.5. The molecule has 0 spiro atoms. The molecule has 0 fully saturated rings. The number of carbonyl (C=O) groups is 1. The summed E-state index contributed by atoms with van der Waals surface area (Å²) in [6.45, 7) is 3.79. The maximum Gasteiger partial charge on any atom is 0.262 e. The average Bonchev–Trinajstić information content (AvgIpc) is 2.47. The number of nitrogens with two attached hydrogens (primary N) is 1. The zero-order valence-electron chi connectivity index (χ0n) is 13.6. The van der Waals surface area contributed by atoms with Gasteiger partial charge < -0.3 is 20.1 Å². The van der Waals surface area contributed by atoms with Crippen LogP contribution in [-0.4, -0.2) is 44.2 Å². The van der Waals surface area contributed by atoms with Crippen LogP contribution in [0.4, 0.5) is 0 Å². The molecule has 2 atom stereocenters. The summed E-state index contributed by atoms with van der Waals surface area (Å²) in [5.41, 5.74) is 7.01. The molecule has 0 aliphatic heterocycles. The molecule has 0 radical (unpaired) electrons. The Morgan fingerprint density at radius 3 is 2.57 bits per heavy atom. The Balaban J connectivity index is 2.98. The second-order valence-corrected chi connectivity index (χ2v) is 5.34. The minimum atomic E-state index is -0.552. The first kappa shape index (κ1) is 17.3. The van der Waals surface area contributed by atoms with Crippen LogP contribution in [0.3, 0.4) is 0 Å². The Kier molecular flexibility index (Phi) is 6.49. The molecule has 1 aromatic rings. The Labute approximate surface area is 127 Å². The summed E-state index contributed by atoms with van der Waals surface area (Å²) in [6, 6.07) is 5.69. The van der Waals surface area contributed by atoms with Crippen molar-refractivity contribution in [2.24, 2.45) is 5.73 Å². The fourth-order valence-electron chi connectivity index (χ4n) is 1.97. The molecule has 2 unspecified atom stereocenters. The highest BCUT2D eigenvalue weighted by Gasteiger charge is 2.19. The molecule has 5 nitrogen and oxygen atoms in total. The smallest absolute Gasteiger partial charge is 0.262 e. The topological polar surface area (TPSA) is 64.8 Å². The number of ether oxygens (including phenoxy) is 2. The summed E-state index contributed by atoms with van der Waals surface area (Å²) in [6.07, 6.45) is 1.04. The summed E-state index contributed by atoms with van der Waals surface area (Å²) in [5.74, 6) is 1.27. The van der Waals surface area contributed by atoms with Crippen molar-refractivity contribution in [2.75, 3.05) is 21.2 Å². The molecule has 0 saturated heterocycles. The van der Waals surface area contributed by atoms with Gasteiger partial charge in [0, 0.05) is 26.2 Å². The summed E-state index contributed by atoms with van der Waals surface area (Å²) < 4.78 is 11.1. The highest BCUT2D eigenvalue weighted by atomic mass is 16.5. The van der Waals surface area contributed by atoms with Crippen LogP contribution >= 0.6 is 0 Å². The van der Waals surface area contributed by atoms with Crippen molar-refractivity contribution in [1.29, 1.82) is 0 Å². The Bertz CT molecular complexity index is 475. The van der Waals surface area contributed by atoms with Gasteiger partial charge in [0.05, 0.1) is 7.11 Å². The van der Waals surface area contributed by atoms with E-state index in [0.717, 1.165) is 12.0 Å². The van der Waals surface area contributed by atoms with Gasteiger partial charge >= 0.3 is 0 Å². The van der Waals surface area contributed by atoms with E-state index in [2.05, 4.69) is 0 Å². The Hall–Kier alpha value is -1.75. The van der Waals surface area contributed by atoms with E-state index in [0.29, 0.717) is 17.9 Å². The van der Waals surface area contributed by atoms with Gasteiger partial charge in [0.1, 0.15) is 11.5 Å². The van der Waals surface area contributed by atoms with E-state index < -0.39 is 6.10 Å². The van der Waals surface area contributed by atoms with E-state index in [1.807, 2.05) is 19.1 Å². The largest absolute Gasteiger partial charge is 0.497 e. The maximum atomic E-state index is 11.9. The number of rotatable bonds is 7. The van der Waals surface area contributed by atoms with Crippen molar-refractivity contribution in [3.63, 3.8) is 0 Å². The van der Waals surface area contributed by atoms with Gasteiger partial charge in [0.25, 0.3) is 5.91 Å². The fraction of sp³-hybridized carbons (Fsp3) is 0.562. The van der Waals surface area contributed by atoms with Gasteiger partial charge in [0.15, 0.2) is 6.10 Å². The van der Waals surface area contributed by atoms with Crippen LogP contribution in [0.25, 0.3) is 0 Å². The minimum absolute atomic E-state index is 0.0700. The van der Waals surface area contributed by atoms with Gasteiger partial charge in [-0.3, -0.25) is 4.79 Å². The molecule has 1 rings (SSSR count). The first-order valence-corrected chi connectivity index (χ1v) is 7.19. The van der Waals surface area contributed by atoms with E-state index >= 15 is 0 Å². The molecular formula is C16H26N2O3. The number of hydrogen-bond donors (Lipinski definition) is 1. The Morgan fingerprint density at radius 1 is 1.38 bits per heavy atom. The van der Waals surface area contributed by atoms with Crippen LogP contribution in [-0.2, 0) is 11.2 Å². The highest BCUT2D eigenvalue weighted by Crippen LogP contribution is 2.27. The SMILES string of the molecule is CCC(N)Cc1ccc(OC)cc1OC(C)C(=O)N(C)C. The molecule has 21 heavy (non-hydrogen) atoms. The predicted octanol–water partition coefficient (Wildman–Crippen LogP) is 1.83. The van der Waals surface area contributed by atoms with Crippen LogP contribution in [0.2, 0.25) is 0 Å². The maximum absolute atomic E-state index is 11.9. The molecule has 0 aromatic heterocycles. The van der Waals surface area contributed by atoms with E-state index in [4.69, 9.17) is 15.2 Å². The molecule has 0 bridgehead atoms. The molecule has 5 heteroatoms. The van der Waals surface area contributed by atoms with E-state index in [1.54, 1.807) is 34.2 Å². The zero-order valence-corrected chi connectivity index (χ0v) is 13.6. The molecule has 2 N–H and O–H groups in total. The van der Waals surface area contributed by atoms with E-state index in [-0.39, 0.29) is 11.9 Å². The zero-order chi connectivity index (χ0) is 16.0. The molecule has 1 aromatic carbocycles. The van der Waals surface area contributed by atoms with Crippen LogP contribution in [0.15, 0.2) is 18.2 Å². The van der Waals surface area contributed by atoms with Crippen molar-refractivity contribution in [3.8, 4) is 11.5 Å². The van der Waals surface area contributed by atoms with Crippen molar-refractivity contribution in [1.82, 2.24) is 4.90 Å². The highest BCUT2D eigenvalue weighted by molar-refractivity contribution is 5.80. The van der Waals surface area contributed by atoms with Gasteiger partial charge in [-0.25, -0.2) is 0 Å². The van der Waals surface area contributed by atoms with Crippen LogP contribution in [0, 0.1) is 0 Å². The van der Waals surface area contributed by atoms with Gasteiger partial charge in [-0.05, 0) is 31.4 Å². The van der Waals surface area contributed by atoms with Gasteiger partial charge in [-0.2, -0.15) is 0 Å². The summed E-state index contributed by atoms with van der Waals surface area (Å²) >= 11 is 0. The van der Waals surface area contributed by atoms with Crippen molar-refractivity contribution < 1.29 is 14.3 Å². The standard InChI is InChI=1S/C16H26N2O3/c1-6-13(17)9-12-7-8-14(20-5)10-15(12)21-11(2)16(19)18(3)4/h7-8,10-11,13H,6,9,17H2,1-5H3. The van der Waals surface area contributed by atoms with E-state index in [9.17, 15) is 4.79 Å². The first-order chi connectivity index (χ1) is 9.88. The molecule has 118 valence electrons. The van der Waals surface area contributed by atoms with Crippen LogP contribution in [0.1, 0.15) is 25.8 Å². The second-order valence-electron chi connectivity index (χ2n) is 5.34. The molecule has 0 aliphatic carbocycles. The number of benzene rings is 1. The summed E-state index contributed by atoms with van der Waals surface area (Å²) in [5, 5.41) is 0. The lowest BCUT2D eigenvalue weighted by molar-refractivity contribution is -0.135. The van der Waals surface area contributed by atoms with Gasteiger partial charge in [-0.15, -0.1) is 0 Å². The predicted molar refractivity (Wildman–Crippen MR) is 83.7 cm³/mol. The Morgan fingerprint density at radius 2 is 2.05 bits per heavy atom. The molecule has 0 saturated carbocycles. The summed E-state index contributed by atoms with van der Waals surface area (Å²) in [7, 11) is 5.02. The third kappa shape index (κ3) is 4.93. The molecular weight excluding hydrogens is 268 g/mol. The van der Waals surface area contributed by atoms with Crippen molar-refractivity contribution in [2.45, 2.75) is 38.8 Å². The third-order valence-electron chi connectivity index (χ3n) is 3.37. The number of carbonyl (C=O) groups excluding carboxylic acids is 1.